The first-order valence-corrected chi connectivity index (χ1v) is 8.80. The molecule has 0 saturated carbocycles. The van der Waals surface area contributed by atoms with Gasteiger partial charge in [0.05, 0.1) is 12.7 Å². The molecule has 1 aromatic heterocycles. The van der Waals surface area contributed by atoms with Crippen molar-refractivity contribution in [3.63, 3.8) is 0 Å². The van der Waals surface area contributed by atoms with Gasteiger partial charge in [-0.05, 0) is 24.8 Å². The van der Waals surface area contributed by atoms with Gasteiger partial charge in [-0.25, -0.2) is 9.78 Å². The number of likely N-dealkylation sites (tertiary alicyclic amines) is 1. The smallest absolute Gasteiger partial charge is 0.325 e. The number of carbonyl (C=O) groups excluding carboxylic acids is 3. The van der Waals surface area contributed by atoms with Crippen LogP contribution in [0.1, 0.15) is 37.0 Å². The van der Waals surface area contributed by atoms with E-state index in [4.69, 9.17) is 4.74 Å². The quantitative estimate of drug-likeness (QED) is 0.817. The SMILES string of the molecule is COc1ccc(C(=O)N2CCC3(CC2)C(=O)NC(=O)N3CC(C)C)cn1. The molecule has 8 nitrogen and oxygen atoms in total. The Bertz CT molecular complexity index is 708. The topological polar surface area (TPSA) is 91.8 Å². The van der Waals surface area contributed by atoms with E-state index in [1.807, 2.05) is 13.8 Å². The zero-order chi connectivity index (χ0) is 18.9. The molecule has 0 atom stereocenters. The monoisotopic (exact) mass is 360 g/mol. The number of ether oxygens (including phenoxy) is 1. The summed E-state index contributed by atoms with van der Waals surface area (Å²) < 4.78 is 5.01. The molecule has 1 N–H and O–H groups in total. The number of hydrogen-bond donors (Lipinski definition) is 1. The molecular formula is C18H24N4O4. The van der Waals surface area contributed by atoms with Gasteiger partial charge in [0, 0.05) is 31.9 Å². The molecule has 0 radical (unpaired) electrons. The Labute approximate surface area is 152 Å². The van der Waals surface area contributed by atoms with E-state index in [0.717, 1.165) is 0 Å². The second-order valence-corrected chi connectivity index (χ2v) is 7.18. The van der Waals surface area contributed by atoms with E-state index in [-0.39, 0.29) is 23.8 Å². The zero-order valence-corrected chi connectivity index (χ0v) is 15.3. The van der Waals surface area contributed by atoms with Crippen molar-refractivity contribution >= 4 is 17.8 Å². The molecule has 2 fully saturated rings. The number of amides is 4. The summed E-state index contributed by atoms with van der Waals surface area (Å²) in [6, 6.07) is 2.99. The molecular weight excluding hydrogens is 336 g/mol. The Balaban J connectivity index is 1.71. The minimum Gasteiger partial charge on any atom is -0.481 e. The van der Waals surface area contributed by atoms with Crippen molar-refractivity contribution in [1.82, 2.24) is 20.1 Å². The minimum absolute atomic E-state index is 0.129. The lowest BCUT2D eigenvalue weighted by atomic mass is 9.85. The Hall–Kier alpha value is -2.64. The van der Waals surface area contributed by atoms with Gasteiger partial charge < -0.3 is 14.5 Å². The van der Waals surface area contributed by atoms with Crippen LogP contribution in [0.3, 0.4) is 0 Å². The van der Waals surface area contributed by atoms with Crippen LogP contribution in [0.5, 0.6) is 5.88 Å². The molecule has 2 aliphatic heterocycles. The highest BCUT2D eigenvalue weighted by molar-refractivity contribution is 6.07. The number of imide groups is 1. The number of piperidine rings is 1. The van der Waals surface area contributed by atoms with Crippen LogP contribution in [0.25, 0.3) is 0 Å². The Morgan fingerprint density at radius 1 is 1.31 bits per heavy atom. The molecule has 140 valence electrons. The van der Waals surface area contributed by atoms with Crippen LogP contribution in [0.4, 0.5) is 4.79 Å². The lowest BCUT2D eigenvalue weighted by Gasteiger charge is -2.42. The van der Waals surface area contributed by atoms with Gasteiger partial charge in [-0.3, -0.25) is 14.9 Å². The largest absolute Gasteiger partial charge is 0.481 e. The van der Waals surface area contributed by atoms with E-state index in [1.54, 1.807) is 21.9 Å². The van der Waals surface area contributed by atoms with Crippen LogP contribution >= 0.6 is 0 Å². The third-order valence-electron chi connectivity index (χ3n) is 5.02. The number of rotatable bonds is 4. The molecule has 2 saturated heterocycles. The molecule has 8 heteroatoms. The highest BCUT2D eigenvalue weighted by Crippen LogP contribution is 2.34. The molecule has 4 amide bonds. The van der Waals surface area contributed by atoms with Gasteiger partial charge in [0.15, 0.2) is 0 Å². The summed E-state index contributed by atoms with van der Waals surface area (Å²) in [4.78, 5) is 44.7. The summed E-state index contributed by atoms with van der Waals surface area (Å²) in [5.74, 6) is 0.328. The van der Waals surface area contributed by atoms with Crippen molar-refractivity contribution in [2.75, 3.05) is 26.7 Å². The highest BCUT2D eigenvalue weighted by atomic mass is 16.5. The minimum atomic E-state index is -0.837. The standard InChI is InChI=1S/C18H24N4O4/c1-12(2)11-22-17(25)20-16(24)18(22)6-8-21(9-7-18)15(23)13-4-5-14(26-3)19-10-13/h4-5,10,12H,6-9,11H2,1-3H3,(H,20,24,25). The van der Waals surface area contributed by atoms with Crippen molar-refractivity contribution in [2.24, 2.45) is 5.92 Å². The van der Waals surface area contributed by atoms with E-state index in [0.29, 0.717) is 43.9 Å². The van der Waals surface area contributed by atoms with Gasteiger partial charge in [0.1, 0.15) is 5.54 Å². The van der Waals surface area contributed by atoms with Crippen LogP contribution in [-0.4, -0.2) is 64.9 Å². The van der Waals surface area contributed by atoms with Crippen LogP contribution < -0.4 is 10.1 Å². The molecule has 0 unspecified atom stereocenters. The van der Waals surface area contributed by atoms with Crippen LogP contribution in [0.15, 0.2) is 18.3 Å². The van der Waals surface area contributed by atoms with Crippen molar-refractivity contribution < 1.29 is 19.1 Å². The van der Waals surface area contributed by atoms with Crippen molar-refractivity contribution in [3.05, 3.63) is 23.9 Å². The third-order valence-corrected chi connectivity index (χ3v) is 5.02. The van der Waals surface area contributed by atoms with Crippen LogP contribution in [0, 0.1) is 5.92 Å². The number of urea groups is 1. The number of pyridine rings is 1. The third kappa shape index (κ3) is 3.11. The van der Waals surface area contributed by atoms with Crippen LogP contribution in [-0.2, 0) is 4.79 Å². The summed E-state index contributed by atoms with van der Waals surface area (Å²) in [7, 11) is 1.52. The molecule has 0 aromatic carbocycles. The fraction of sp³-hybridized carbons (Fsp3) is 0.556. The van der Waals surface area contributed by atoms with E-state index in [9.17, 15) is 14.4 Å². The molecule has 1 aromatic rings. The highest BCUT2D eigenvalue weighted by Gasteiger charge is 2.54. The van der Waals surface area contributed by atoms with Crippen molar-refractivity contribution in [2.45, 2.75) is 32.2 Å². The predicted molar refractivity (Wildman–Crippen MR) is 93.7 cm³/mol. The lowest BCUT2D eigenvalue weighted by Crippen LogP contribution is -2.58. The molecule has 3 heterocycles. The average Bonchev–Trinajstić information content (AvgIpc) is 2.85. The van der Waals surface area contributed by atoms with Gasteiger partial charge in [-0.2, -0.15) is 0 Å². The number of nitrogens with zero attached hydrogens (tertiary/aromatic N) is 3. The number of hydrogen-bond acceptors (Lipinski definition) is 5. The number of nitrogens with one attached hydrogen (secondary N) is 1. The normalized spacial score (nSPS) is 19.2. The number of aromatic nitrogens is 1. The Morgan fingerprint density at radius 2 is 2.00 bits per heavy atom. The molecule has 0 bridgehead atoms. The summed E-state index contributed by atoms with van der Waals surface area (Å²) in [6.45, 7) is 5.38. The van der Waals surface area contributed by atoms with Gasteiger partial charge >= 0.3 is 6.03 Å². The summed E-state index contributed by atoms with van der Waals surface area (Å²) in [6.07, 6.45) is 2.36. The van der Waals surface area contributed by atoms with Gasteiger partial charge in [-0.1, -0.05) is 13.8 Å². The molecule has 26 heavy (non-hydrogen) atoms. The number of methoxy groups -OCH3 is 1. The molecule has 2 aliphatic rings. The van der Waals surface area contributed by atoms with E-state index in [1.165, 1.54) is 13.3 Å². The van der Waals surface area contributed by atoms with E-state index in [2.05, 4.69) is 10.3 Å². The summed E-state index contributed by atoms with van der Waals surface area (Å²) in [5, 5.41) is 2.44. The van der Waals surface area contributed by atoms with Gasteiger partial charge in [0.2, 0.25) is 5.88 Å². The molecule has 0 aliphatic carbocycles. The summed E-state index contributed by atoms with van der Waals surface area (Å²) >= 11 is 0. The molecule has 3 rings (SSSR count). The maximum atomic E-state index is 12.7. The van der Waals surface area contributed by atoms with Gasteiger partial charge in [0.25, 0.3) is 11.8 Å². The maximum Gasteiger partial charge on any atom is 0.325 e. The first-order chi connectivity index (χ1) is 12.4. The molecule has 1 spiro atoms. The van der Waals surface area contributed by atoms with Crippen molar-refractivity contribution in [3.8, 4) is 5.88 Å². The zero-order valence-electron chi connectivity index (χ0n) is 15.3. The number of carbonyl (C=O) groups is 3. The maximum absolute atomic E-state index is 12.7. The Kier molecular flexibility index (Phi) is 4.84. The van der Waals surface area contributed by atoms with E-state index >= 15 is 0 Å². The van der Waals surface area contributed by atoms with Gasteiger partial charge in [-0.15, -0.1) is 0 Å². The predicted octanol–water partition coefficient (Wildman–Crippen LogP) is 1.27. The summed E-state index contributed by atoms with van der Waals surface area (Å²) in [5.41, 5.74) is -0.358. The van der Waals surface area contributed by atoms with Crippen molar-refractivity contribution in [1.29, 1.82) is 0 Å². The average molecular weight is 360 g/mol. The lowest BCUT2D eigenvalue weighted by molar-refractivity contribution is -0.129. The first-order valence-electron chi connectivity index (χ1n) is 8.80. The first kappa shape index (κ1) is 18.2. The fourth-order valence-electron chi connectivity index (χ4n) is 3.61. The fourth-order valence-corrected chi connectivity index (χ4v) is 3.61. The van der Waals surface area contributed by atoms with Crippen LogP contribution in [0.2, 0.25) is 0 Å². The van der Waals surface area contributed by atoms with E-state index < -0.39 is 5.54 Å². The second kappa shape index (κ2) is 6.93. The Morgan fingerprint density at radius 3 is 2.54 bits per heavy atom. The second-order valence-electron chi connectivity index (χ2n) is 7.18.